The maximum absolute atomic E-state index is 12.1. The molecule has 2 rings (SSSR count). The number of aryl methyl sites for hydroxylation is 1. The molecule has 22 heavy (non-hydrogen) atoms. The van der Waals surface area contributed by atoms with Crippen molar-refractivity contribution in [3.63, 3.8) is 0 Å². The lowest BCUT2D eigenvalue weighted by molar-refractivity contribution is -0.117. The first-order valence-electron chi connectivity index (χ1n) is 7.70. The molecule has 0 radical (unpaired) electrons. The molecular weight excluding hydrogens is 296 g/mol. The van der Waals surface area contributed by atoms with E-state index in [1.165, 1.54) is 5.56 Å². The van der Waals surface area contributed by atoms with Gasteiger partial charge in [-0.3, -0.25) is 9.69 Å². The van der Waals surface area contributed by atoms with Gasteiger partial charge in [0.05, 0.1) is 6.54 Å². The summed E-state index contributed by atoms with van der Waals surface area (Å²) >= 11 is 5.31. The van der Waals surface area contributed by atoms with E-state index < -0.39 is 0 Å². The Morgan fingerprint density at radius 3 is 2.41 bits per heavy atom. The van der Waals surface area contributed by atoms with E-state index in [9.17, 15) is 4.79 Å². The van der Waals surface area contributed by atoms with Crippen LogP contribution in [0.1, 0.15) is 12.5 Å². The van der Waals surface area contributed by atoms with E-state index in [0.717, 1.165) is 43.5 Å². The summed E-state index contributed by atoms with van der Waals surface area (Å²) in [6.07, 6.45) is 0. The number of thiocarbonyl (C=S) groups is 1. The molecule has 2 N–H and O–H groups in total. The highest BCUT2D eigenvalue weighted by Gasteiger charge is 2.20. The summed E-state index contributed by atoms with van der Waals surface area (Å²) in [5.41, 5.74) is 2.04. The first kappa shape index (κ1) is 16.7. The summed E-state index contributed by atoms with van der Waals surface area (Å²) in [6.45, 7) is 8.78. The van der Waals surface area contributed by atoms with Crippen molar-refractivity contribution >= 4 is 28.9 Å². The summed E-state index contributed by atoms with van der Waals surface area (Å²) in [5, 5.41) is 6.92. The Morgan fingerprint density at radius 1 is 1.18 bits per heavy atom. The Hall–Kier alpha value is -1.66. The third kappa shape index (κ3) is 4.96. The van der Waals surface area contributed by atoms with Gasteiger partial charge in [0, 0.05) is 38.4 Å². The Bertz CT molecular complexity index is 509. The molecule has 5 nitrogen and oxygen atoms in total. The van der Waals surface area contributed by atoms with E-state index in [2.05, 4.69) is 20.4 Å². The zero-order valence-corrected chi connectivity index (χ0v) is 14.1. The van der Waals surface area contributed by atoms with Gasteiger partial charge in [-0.2, -0.15) is 0 Å². The molecule has 1 aliphatic rings. The molecular formula is C16H24N4OS. The van der Waals surface area contributed by atoms with Gasteiger partial charge in [-0.25, -0.2) is 0 Å². The molecule has 6 heteroatoms. The molecule has 1 amide bonds. The fourth-order valence-corrected chi connectivity index (χ4v) is 2.74. The standard InChI is InChI=1S/C16H24N4OS/c1-3-17-16(22)20-10-8-19(9-11-20)12-15(21)18-14-6-4-13(2)5-7-14/h4-7H,3,8-12H2,1-2H3,(H,17,22)(H,18,21). The molecule has 0 saturated carbocycles. The van der Waals surface area contributed by atoms with Crippen molar-refractivity contribution in [2.45, 2.75) is 13.8 Å². The van der Waals surface area contributed by atoms with Gasteiger partial charge in [-0.15, -0.1) is 0 Å². The smallest absolute Gasteiger partial charge is 0.238 e. The molecule has 0 atom stereocenters. The molecule has 1 fully saturated rings. The molecule has 1 saturated heterocycles. The highest BCUT2D eigenvalue weighted by molar-refractivity contribution is 7.80. The monoisotopic (exact) mass is 320 g/mol. The number of anilines is 1. The van der Waals surface area contributed by atoms with E-state index >= 15 is 0 Å². The number of piperazine rings is 1. The number of hydrogen-bond donors (Lipinski definition) is 2. The summed E-state index contributed by atoms with van der Waals surface area (Å²) in [4.78, 5) is 16.4. The Balaban J connectivity index is 1.74. The van der Waals surface area contributed by atoms with E-state index in [1.807, 2.05) is 38.1 Å². The Kier molecular flexibility index (Phi) is 6.15. The molecule has 0 aliphatic carbocycles. The third-order valence-electron chi connectivity index (χ3n) is 3.69. The number of carbonyl (C=O) groups excluding carboxylic acids is 1. The number of rotatable bonds is 4. The van der Waals surface area contributed by atoms with Crippen LogP contribution in [-0.4, -0.2) is 60.1 Å². The van der Waals surface area contributed by atoms with Crippen molar-refractivity contribution in [2.75, 3.05) is 44.6 Å². The Morgan fingerprint density at radius 2 is 1.82 bits per heavy atom. The van der Waals surface area contributed by atoms with Crippen LogP contribution in [-0.2, 0) is 4.79 Å². The first-order valence-corrected chi connectivity index (χ1v) is 8.11. The molecule has 0 bridgehead atoms. The molecule has 1 aromatic carbocycles. The van der Waals surface area contributed by atoms with Crippen molar-refractivity contribution in [1.82, 2.24) is 15.1 Å². The minimum atomic E-state index is 0.0339. The molecule has 1 heterocycles. The van der Waals surface area contributed by atoms with E-state index in [0.29, 0.717) is 6.54 Å². The lowest BCUT2D eigenvalue weighted by Gasteiger charge is -2.35. The van der Waals surface area contributed by atoms with Crippen LogP contribution in [0.15, 0.2) is 24.3 Å². The van der Waals surface area contributed by atoms with Crippen molar-refractivity contribution in [1.29, 1.82) is 0 Å². The minimum Gasteiger partial charge on any atom is -0.363 e. The molecule has 0 spiro atoms. The fourth-order valence-electron chi connectivity index (χ4n) is 2.41. The second kappa shape index (κ2) is 8.10. The molecule has 0 unspecified atom stereocenters. The van der Waals surface area contributed by atoms with Crippen molar-refractivity contribution in [2.24, 2.45) is 0 Å². The van der Waals surface area contributed by atoms with Gasteiger partial charge < -0.3 is 15.5 Å². The lowest BCUT2D eigenvalue weighted by Crippen LogP contribution is -2.52. The zero-order valence-electron chi connectivity index (χ0n) is 13.3. The van der Waals surface area contributed by atoms with Crippen molar-refractivity contribution < 1.29 is 4.79 Å². The fraction of sp³-hybridized carbons (Fsp3) is 0.500. The maximum atomic E-state index is 12.1. The average Bonchev–Trinajstić information content (AvgIpc) is 2.50. The normalized spacial score (nSPS) is 15.5. The van der Waals surface area contributed by atoms with Gasteiger partial charge in [-0.05, 0) is 38.2 Å². The number of benzene rings is 1. The number of hydrogen-bond acceptors (Lipinski definition) is 3. The molecule has 1 aromatic rings. The molecule has 1 aliphatic heterocycles. The van der Waals surface area contributed by atoms with Gasteiger partial charge in [0.25, 0.3) is 0 Å². The summed E-state index contributed by atoms with van der Waals surface area (Å²) in [6, 6.07) is 7.85. The molecule has 0 aromatic heterocycles. The van der Waals surface area contributed by atoms with Crippen LogP contribution in [0.25, 0.3) is 0 Å². The van der Waals surface area contributed by atoms with Gasteiger partial charge >= 0.3 is 0 Å². The van der Waals surface area contributed by atoms with Crippen LogP contribution in [0.4, 0.5) is 5.69 Å². The van der Waals surface area contributed by atoms with Crippen LogP contribution in [0.3, 0.4) is 0 Å². The number of nitrogens with zero attached hydrogens (tertiary/aromatic N) is 2. The van der Waals surface area contributed by atoms with Crippen LogP contribution >= 0.6 is 12.2 Å². The van der Waals surface area contributed by atoms with Gasteiger partial charge in [0.15, 0.2) is 5.11 Å². The van der Waals surface area contributed by atoms with Gasteiger partial charge in [0.2, 0.25) is 5.91 Å². The van der Waals surface area contributed by atoms with Crippen LogP contribution in [0.2, 0.25) is 0 Å². The number of nitrogens with one attached hydrogen (secondary N) is 2. The van der Waals surface area contributed by atoms with Gasteiger partial charge in [0.1, 0.15) is 0 Å². The lowest BCUT2D eigenvalue weighted by atomic mass is 10.2. The van der Waals surface area contributed by atoms with Crippen LogP contribution in [0, 0.1) is 6.92 Å². The van der Waals surface area contributed by atoms with Crippen LogP contribution in [0.5, 0.6) is 0 Å². The summed E-state index contributed by atoms with van der Waals surface area (Å²) < 4.78 is 0. The van der Waals surface area contributed by atoms with Gasteiger partial charge in [-0.1, -0.05) is 17.7 Å². The second-order valence-corrected chi connectivity index (χ2v) is 5.90. The first-order chi connectivity index (χ1) is 10.6. The van der Waals surface area contributed by atoms with Crippen LogP contribution < -0.4 is 10.6 Å². The topological polar surface area (TPSA) is 47.6 Å². The van der Waals surface area contributed by atoms with E-state index in [4.69, 9.17) is 12.2 Å². The predicted molar refractivity (Wildman–Crippen MR) is 94.1 cm³/mol. The highest BCUT2D eigenvalue weighted by Crippen LogP contribution is 2.09. The second-order valence-electron chi connectivity index (χ2n) is 5.51. The quantitative estimate of drug-likeness (QED) is 0.822. The summed E-state index contributed by atoms with van der Waals surface area (Å²) in [5.74, 6) is 0.0339. The largest absolute Gasteiger partial charge is 0.363 e. The number of amides is 1. The number of carbonyl (C=O) groups is 1. The van der Waals surface area contributed by atoms with Crippen molar-refractivity contribution in [3.8, 4) is 0 Å². The highest BCUT2D eigenvalue weighted by atomic mass is 32.1. The average molecular weight is 320 g/mol. The molecule has 120 valence electrons. The maximum Gasteiger partial charge on any atom is 0.238 e. The zero-order chi connectivity index (χ0) is 15.9. The predicted octanol–water partition coefficient (Wildman–Crippen LogP) is 1.45. The van der Waals surface area contributed by atoms with Crippen molar-refractivity contribution in [3.05, 3.63) is 29.8 Å². The third-order valence-corrected chi connectivity index (χ3v) is 4.09. The summed E-state index contributed by atoms with van der Waals surface area (Å²) in [7, 11) is 0. The minimum absolute atomic E-state index is 0.0339. The SMILES string of the molecule is CCNC(=S)N1CCN(CC(=O)Nc2ccc(C)cc2)CC1. The van der Waals surface area contributed by atoms with E-state index in [1.54, 1.807) is 0 Å². The Labute approximate surface area is 137 Å². The van der Waals surface area contributed by atoms with E-state index in [-0.39, 0.29) is 5.91 Å².